The lowest BCUT2D eigenvalue weighted by atomic mass is 10.0. The SMILES string of the molecule is CS(=O)(=O)N1CCC(Nc2nc(C3CC3)nc3scc(-c4ccccc4)c23)CC1. The van der Waals surface area contributed by atoms with Crippen LogP contribution in [0.5, 0.6) is 0 Å². The van der Waals surface area contributed by atoms with Crippen molar-refractivity contribution in [3.05, 3.63) is 41.5 Å². The summed E-state index contributed by atoms with van der Waals surface area (Å²) in [5.41, 5.74) is 2.32. The first-order valence-corrected chi connectivity index (χ1v) is 12.8. The van der Waals surface area contributed by atoms with Crippen LogP contribution in [0.25, 0.3) is 21.3 Å². The van der Waals surface area contributed by atoms with E-state index in [0.29, 0.717) is 19.0 Å². The largest absolute Gasteiger partial charge is 0.367 e. The van der Waals surface area contributed by atoms with Crippen molar-refractivity contribution in [1.29, 1.82) is 0 Å². The molecule has 29 heavy (non-hydrogen) atoms. The quantitative estimate of drug-likeness (QED) is 0.663. The van der Waals surface area contributed by atoms with Crippen LogP contribution in [0.4, 0.5) is 5.82 Å². The number of rotatable bonds is 5. The first-order chi connectivity index (χ1) is 14.0. The minimum Gasteiger partial charge on any atom is -0.367 e. The molecule has 2 aromatic heterocycles. The second-order valence-electron chi connectivity index (χ2n) is 7.98. The molecule has 0 amide bonds. The minimum absolute atomic E-state index is 0.210. The van der Waals surface area contributed by atoms with Crippen LogP contribution >= 0.6 is 11.3 Å². The summed E-state index contributed by atoms with van der Waals surface area (Å²) in [6.45, 7) is 1.10. The van der Waals surface area contributed by atoms with E-state index in [1.807, 2.05) is 18.2 Å². The highest BCUT2D eigenvalue weighted by Crippen LogP contribution is 2.43. The standard InChI is InChI=1S/C21H24N4O2S2/c1-29(26,27)25-11-9-16(10-12-25)22-20-18-17(14-5-3-2-4-6-14)13-28-21(18)24-19(23-20)15-7-8-15/h2-6,13,15-16H,7-12H2,1H3,(H,22,23,24). The highest BCUT2D eigenvalue weighted by molar-refractivity contribution is 7.88. The number of nitrogens with zero attached hydrogens (tertiary/aromatic N) is 3. The lowest BCUT2D eigenvalue weighted by molar-refractivity contribution is 0.331. The van der Waals surface area contributed by atoms with Gasteiger partial charge in [-0.25, -0.2) is 22.7 Å². The molecule has 0 atom stereocenters. The summed E-state index contributed by atoms with van der Waals surface area (Å²) in [7, 11) is -3.12. The van der Waals surface area contributed by atoms with Gasteiger partial charge in [-0.3, -0.25) is 0 Å². The van der Waals surface area contributed by atoms with Gasteiger partial charge in [-0.1, -0.05) is 30.3 Å². The average molecular weight is 429 g/mol. The molecule has 8 heteroatoms. The van der Waals surface area contributed by atoms with Crippen LogP contribution < -0.4 is 5.32 Å². The zero-order valence-electron chi connectivity index (χ0n) is 16.3. The van der Waals surface area contributed by atoms with Crippen molar-refractivity contribution in [2.75, 3.05) is 24.7 Å². The van der Waals surface area contributed by atoms with Gasteiger partial charge in [-0.15, -0.1) is 11.3 Å². The van der Waals surface area contributed by atoms with Crippen molar-refractivity contribution in [1.82, 2.24) is 14.3 Å². The Balaban J connectivity index is 1.49. The molecule has 1 aromatic carbocycles. The number of fused-ring (bicyclic) bond motifs is 1. The van der Waals surface area contributed by atoms with E-state index >= 15 is 0 Å². The molecule has 3 heterocycles. The van der Waals surface area contributed by atoms with E-state index < -0.39 is 10.0 Å². The fourth-order valence-electron chi connectivity index (χ4n) is 3.94. The topological polar surface area (TPSA) is 75.2 Å². The third-order valence-electron chi connectivity index (χ3n) is 5.74. The van der Waals surface area contributed by atoms with E-state index in [-0.39, 0.29) is 6.04 Å². The molecule has 0 radical (unpaired) electrons. The van der Waals surface area contributed by atoms with Crippen LogP contribution in [0.3, 0.4) is 0 Å². The predicted molar refractivity (Wildman–Crippen MR) is 118 cm³/mol. The van der Waals surface area contributed by atoms with Crippen molar-refractivity contribution < 1.29 is 8.42 Å². The van der Waals surface area contributed by atoms with Gasteiger partial charge in [0.25, 0.3) is 0 Å². The van der Waals surface area contributed by atoms with Crippen molar-refractivity contribution in [2.24, 2.45) is 0 Å². The molecule has 2 fully saturated rings. The number of anilines is 1. The summed E-state index contributed by atoms with van der Waals surface area (Å²) in [5, 5.41) is 6.90. The Kier molecular flexibility index (Phi) is 4.80. The maximum Gasteiger partial charge on any atom is 0.211 e. The fourth-order valence-corrected chi connectivity index (χ4v) is 5.77. The molecule has 3 aromatic rings. The molecular weight excluding hydrogens is 404 g/mol. The molecule has 152 valence electrons. The molecule has 1 saturated carbocycles. The second kappa shape index (κ2) is 7.34. The van der Waals surface area contributed by atoms with Crippen LogP contribution in [-0.2, 0) is 10.0 Å². The van der Waals surface area contributed by atoms with Crippen molar-refractivity contribution in [3.8, 4) is 11.1 Å². The van der Waals surface area contributed by atoms with Gasteiger partial charge in [-0.2, -0.15) is 0 Å². The summed E-state index contributed by atoms with van der Waals surface area (Å²) in [6.07, 6.45) is 5.17. The highest BCUT2D eigenvalue weighted by Gasteiger charge is 2.30. The lowest BCUT2D eigenvalue weighted by Gasteiger charge is -2.31. The van der Waals surface area contributed by atoms with E-state index in [1.54, 1.807) is 15.6 Å². The molecule has 0 spiro atoms. The van der Waals surface area contributed by atoms with Gasteiger partial charge in [0, 0.05) is 36.0 Å². The van der Waals surface area contributed by atoms with Gasteiger partial charge in [0.05, 0.1) is 11.6 Å². The Morgan fingerprint density at radius 3 is 2.45 bits per heavy atom. The van der Waals surface area contributed by atoms with Crippen LogP contribution in [-0.4, -0.2) is 48.1 Å². The molecule has 0 bridgehead atoms. The Hall–Kier alpha value is -2.03. The van der Waals surface area contributed by atoms with E-state index in [4.69, 9.17) is 9.97 Å². The zero-order chi connectivity index (χ0) is 20.0. The Morgan fingerprint density at radius 2 is 1.79 bits per heavy atom. The van der Waals surface area contributed by atoms with E-state index in [2.05, 4.69) is 22.8 Å². The number of aromatic nitrogens is 2. The van der Waals surface area contributed by atoms with Gasteiger partial charge in [0.15, 0.2) is 0 Å². The molecule has 0 unspecified atom stereocenters. The lowest BCUT2D eigenvalue weighted by Crippen LogP contribution is -2.42. The Morgan fingerprint density at radius 1 is 1.07 bits per heavy atom. The predicted octanol–water partition coefficient (Wildman–Crippen LogP) is 4.07. The number of thiophene rings is 1. The molecule has 1 saturated heterocycles. The first kappa shape index (κ1) is 19.0. The first-order valence-electron chi connectivity index (χ1n) is 10.1. The van der Waals surface area contributed by atoms with Crippen LogP contribution in [0.15, 0.2) is 35.7 Å². The van der Waals surface area contributed by atoms with E-state index in [1.165, 1.54) is 6.26 Å². The number of sulfonamides is 1. The third kappa shape index (κ3) is 3.89. The van der Waals surface area contributed by atoms with Crippen molar-refractivity contribution in [3.63, 3.8) is 0 Å². The van der Waals surface area contributed by atoms with Gasteiger partial charge in [-0.05, 0) is 31.2 Å². The molecule has 2 aliphatic rings. The summed E-state index contributed by atoms with van der Waals surface area (Å²) < 4.78 is 25.2. The van der Waals surface area contributed by atoms with Crippen LogP contribution in [0.1, 0.15) is 37.4 Å². The number of nitrogens with one attached hydrogen (secondary N) is 1. The zero-order valence-corrected chi connectivity index (χ0v) is 18.0. The van der Waals surface area contributed by atoms with Crippen molar-refractivity contribution in [2.45, 2.75) is 37.6 Å². The average Bonchev–Trinajstić information content (AvgIpc) is 3.47. The Bertz CT molecular complexity index is 1130. The maximum atomic E-state index is 11.8. The number of piperidine rings is 1. The molecule has 1 aliphatic carbocycles. The summed E-state index contributed by atoms with van der Waals surface area (Å²) >= 11 is 1.67. The fraction of sp³-hybridized carbons (Fsp3) is 0.429. The number of benzene rings is 1. The highest BCUT2D eigenvalue weighted by atomic mass is 32.2. The number of hydrogen-bond donors (Lipinski definition) is 1. The molecule has 6 nitrogen and oxygen atoms in total. The molecule has 5 rings (SSSR count). The normalized spacial score (nSPS) is 18.9. The smallest absolute Gasteiger partial charge is 0.211 e. The summed E-state index contributed by atoms with van der Waals surface area (Å²) in [6, 6.07) is 10.6. The van der Waals surface area contributed by atoms with Crippen LogP contribution in [0.2, 0.25) is 0 Å². The molecule has 1 N–H and O–H groups in total. The summed E-state index contributed by atoms with van der Waals surface area (Å²) in [4.78, 5) is 10.8. The monoisotopic (exact) mass is 428 g/mol. The Labute approximate surface area is 175 Å². The second-order valence-corrected chi connectivity index (χ2v) is 10.8. The van der Waals surface area contributed by atoms with Gasteiger partial charge in [0.2, 0.25) is 10.0 Å². The van der Waals surface area contributed by atoms with Gasteiger partial charge >= 0.3 is 0 Å². The van der Waals surface area contributed by atoms with E-state index in [0.717, 1.165) is 58.7 Å². The number of hydrogen-bond acceptors (Lipinski definition) is 6. The van der Waals surface area contributed by atoms with Gasteiger partial charge < -0.3 is 5.32 Å². The van der Waals surface area contributed by atoms with Gasteiger partial charge in [0.1, 0.15) is 16.5 Å². The third-order valence-corrected chi connectivity index (χ3v) is 7.92. The summed E-state index contributed by atoms with van der Waals surface area (Å²) in [5.74, 6) is 2.32. The molecular formula is C21H24N4O2S2. The molecule has 1 aliphatic heterocycles. The van der Waals surface area contributed by atoms with Crippen molar-refractivity contribution >= 4 is 37.4 Å². The van der Waals surface area contributed by atoms with E-state index in [9.17, 15) is 8.42 Å². The van der Waals surface area contributed by atoms with Crippen LogP contribution in [0, 0.1) is 0 Å². The minimum atomic E-state index is -3.12. The maximum absolute atomic E-state index is 11.8.